The normalized spacial score (nSPS) is 17.0. The molecule has 1 aromatic rings. The summed E-state index contributed by atoms with van der Waals surface area (Å²) in [6, 6.07) is 6.04. The Morgan fingerprint density at radius 1 is 1.50 bits per heavy atom. The van der Waals surface area contributed by atoms with Crippen molar-refractivity contribution < 1.29 is 13.9 Å². The number of benzene rings is 1. The molecule has 0 saturated carbocycles. The largest absolute Gasteiger partial charge is 0.444 e. The van der Waals surface area contributed by atoms with Gasteiger partial charge in [-0.05, 0) is 39.3 Å². The fourth-order valence-electron chi connectivity index (χ4n) is 2.72. The fourth-order valence-corrected chi connectivity index (χ4v) is 2.72. The number of amides is 1. The van der Waals surface area contributed by atoms with Crippen molar-refractivity contribution in [2.24, 2.45) is 10.8 Å². The molecule has 0 aliphatic carbocycles. The van der Waals surface area contributed by atoms with Crippen LogP contribution in [0, 0.1) is 22.6 Å². The fraction of sp³-hybridized carbons (Fsp3) is 0.444. The molecule has 1 fully saturated rings. The number of ether oxygens (including phenoxy) is 1. The lowest BCUT2D eigenvalue weighted by Gasteiger charge is -2.23. The summed E-state index contributed by atoms with van der Waals surface area (Å²) in [6.45, 7) is 6.40. The lowest BCUT2D eigenvalue weighted by molar-refractivity contribution is 0.0509. The Kier molecular flexibility index (Phi) is 6.41. The highest BCUT2D eigenvalue weighted by Gasteiger charge is 2.28. The topological polar surface area (TPSA) is 140 Å². The van der Waals surface area contributed by atoms with Crippen LogP contribution in [0.5, 0.6) is 0 Å². The van der Waals surface area contributed by atoms with Crippen LogP contribution < -0.4 is 21.4 Å². The van der Waals surface area contributed by atoms with E-state index in [1.807, 2.05) is 4.90 Å². The molecule has 1 aliphatic heterocycles. The van der Waals surface area contributed by atoms with Gasteiger partial charge < -0.3 is 20.7 Å². The SMILES string of the molecule is CC(C)(C)OC(=O)NC1CCN(c2cccc(F)c2N/N=C(\C#N)C(=N)N)C1. The van der Waals surface area contributed by atoms with Crippen LogP contribution in [0.15, 0.2) is 23.3 Å². The number of para-hydroxylation sites is 1. The number of anilines is 2. The van der Waals surface area contributed by atoms with Gasteiger partial charge in [-0.15, -0.1) is 0 Å². The van der Waals surface area contributed by atoms with Crippen LogP contribution in [0.2, 0.25) is 0 Å². The Morgan fingerprint density at radius 2 is 2.21 bits per heavy atom. The Labute approximate surface area is 162 Å². The first-order valence-corrected chi connectivity index (χ1v) is 8.72. The molecular formula is C18H24FN7O2. The van der Waals surface area contributed by atoms with E-state index in [2.05, 4.69) is 15.8 Å². The zero-order valence-electron chi connectivity index (χ0n) is 16.0. The van der Waals surface area contributed by atoms with Crippen molar-refractivity contribution in [1.82, 2.24) is 5.32 Å². The van der Waals surface area contributed by atoms with Gasteiger partial charge in [-0.25, -0.2) is 9.18 Å². The maximum atomic E-state index is 14.3. The van der Waals surface area contributed by atoms with E-state index in [-0.39, 0.29) is 17.4 Å². The van der Waals surface area contributed by atoms with E-state index < -0.39 is 23.3 Å². The summed E-state index contributed by atoms with van der Waals surface area (Å²) in [4.78, 5) is 13.8. The molecule has 0 bridgehead atoms. The predicted molar refractivity (Wildman–Crippen MR) is 105 cm³/mol. The van der Waals surface area contributed by atoms with Crippen molar-refractivity contribution >= 4 is 29.0 Å². The van der Waals surface area contributed by atoms with Crippen LogP contribution in [-0.2, 0) is 4.74 Å². The number of nitrogens with zero attached hydrogens (tertiary/aromatic N) is 3. The summed E-state index contributed by atoms with van der Waals surface area (Å²) in [5, 5.41) is 22.7. The van der Waals surface area contributed by atoms with Gasteiger partial charge in [0.2, 0.25) is 5.71 Å². The molecule has 1 atom stereocenters. The Hall–Kier alpha value is -3.35. The number of hydrogen-bond acceptors (Lipinski definition) is 7. The Balaban J connectivity index is 2.12. The minimum absolute atomic E-state index is 0.0643. The van der Waals surface area contributed by atoms with E-state index in [9.17, 15) is 9.18 Å². The van der Waals surface area contributed by atoms with Gasteiger partial charge in [-0.3, -0.25) is 10.8 Å². The number of carbonyl (C=O) groups is 1. The highest BCUT2D eigenvalue weighted by molar-refractivity contribution is 6.45. The molecule has 1 aromatic carbocycles. The lowest BCUT2D eigenvalue weighted by Crippen LogP contribution is -2.40. The lowest BCUT2D eigenvalue weighted by atomic mass is 10.2. The van der Waals surface area contributed by atoms with Gasteiger partial charge in [-0.1, -0.05) is 6.07 Å². The number of hydrogen-bond donors (Lipinski definition) is 4. The Morgan fingerprint density at radius 3 is 2.82 bits per heavy atom. The summed E-state index contributed by atoms with van der Waals surface area (Å²) < 4.78 is 19.6. The van der Waals surface area contributed by atoms with E-state index in [1.165, 1.54) is 6.07 Å². The van der Waals surface area contributed by atoms with Crippen LogP contribution >= 0.6 is 0 Å². The van der Waals surface area contributed by atoms with Crippen LogP contribution in [0.4, 0.5) is 20.6 Å². The minimum Gasteiger partial charge on any atom is -0.444 e. The van der Waals surface area contributed by atoms with Gasteiger partial charge in [0.25, 0.3) is 0 Å². The van der Waals surface area contributed by atoms with E-state index >= 15 is 0 Å². The molecule has 5 N–H and O–H groups in total. The highest BCUT2D eigenvalue weighted by atomic mass is 19.1. The molecule has 1 unspecified atom stereocenters. The second-order valence-corrected chi connectivity index (χ2v) is 7.31. The van der Waals surface area contributed by atoms with Gasteiger partial charge in [-0.2, -0.15) is 10.4 Å². The minimum atomic E-state index is -0.588. The van der Waals surface area contributed by atoms with Crippen LogP contribution in [0.1, 0.15) is 27.2 Å². The van der Waals surface area contributed by atoms with E-state index in [1.54, 1.807) is 39.0 Å². The summed E-state index contributed by atoms with van der Waals surface area (Å²) >= 11 is 0. The first kappa shape index (κ1) is 21.0. The van der Waals surface area contributed by atoms with Crippen molar-refractivity contribution in [3.63, 3.8) is 0 Å². The predicted octanol–water partition coefficient (Wildman–Crippen LogP) is 2.16. The number of carbonyl (C=O) groups excluding carboxylic acids is 1. The van der Waals surface area contributed by atoms with Crippen LogP contribution in [0.3, 0.4) is 0 Å². The van der Waals surface area contributed by atoms with Gasteiger partial charge in [0.1, 0.15) is 23.2 Å². The first-order chi connectivity index (χ1) is 13.1. The molecule has 0 radical (unpaired) electrons. The number of amidine groups is 1. The molecule has 0 spiro atoms. The third-order valence-electron chi connectivity index (χ3n) is 3.88. The number of nitriles is 1. The Bertz CT molecular complexity index is 826. The molecule has 9 nitrogen and oxygen atoms in total. The third-order valence-corrected chi connectivity index (χ3v) is 3.88. The monoisotopic (exact) mass is 389 g/mol. The number of hydrazone groups is 1. The van der Waals surface area contributed by atoms with Gasteiger partial charge in [0.15, 0.2) is 5.84 Å². The highest BCUT2D eigenvalue weighted by Crippen LogP contribution is 2.31. The molecule has 150 valence electrons. The van der Waals surface area contributed by atoms with Crippen molar-refractivity contribution in [1.29, 1.82) is 10.7 Å². The molecule has 1 amide bonds. The molecule has 1 aliphatic rings. The standard InChI is InChI=1S/C18H24FN7O2/c1-18(2,3)28-17(27)23-11-7-8-26(10-11)14-6-4-5-12(19)15(14)25-24-13(9-20)16(21)22/h4-6,11,25H,7-8,10H2,1-3H3,(H3,21,22)(H,23,27)/b24-13+. The average molecular weight is 389 g/mol. The zero-order valence-corrected chi connectivity index (χ0v) is 16.0. The van der Waals surface area contributed by atoms with Gasteiger partial charge in [0, 0.05) is 13.1 Å². The van der Waals surface area contributed by atoms with Crippen LogP contribution in [-0.4, -0.2) is 42.4 Å². The van der Waals surface area contributed by atoms with Crippen molar-refractivity contribution in [2.75, 3.05) is 23.4 Å². The molecule has 0 aromatic heterocycles. The molecular weight excluding hydrogens is 365 g/mol. The maximum absolute atomic E-state index is 14.3. The smallest absolute Gasteiger partial charge is 0.407 e. The number of nitrogens with two attached hydrogens (primary N) is 1. The average Bonchev–Trinajstić information content (AvgIpc) is 3.02. The second-order valence-electron chi connectivity index (χ2n) is 7.31. The van der Waals surface area contributed by atoms with Gasteiger partial charge >= 0.3 is 6.09 Å². The molecule has 1 heterocycles. The van der Waals surface area contributed by atoms with Gasteiger partial charge in [0.05, 0.1) is 11.7 Å². The van der Waals surface area contributed by atoms with E-state index in [4.69, 9.17) is 21.1 Å². The van der Waals surface area contributed by atoms with Crippen molar-refractivity contribution in [2.45, 2.75) is 38.8 Å². The zero-order chi connectivity index (χ0) is 20.9. The number of rotatable bonds is 5. The molecule has 1 saturated heterocycles. The third kappa shape index (κ3) is 5.57. The maximum Gasteiger partial charge on any atom is 0.407 e. The van der Waals surface area contributed by atoms with E-state index in [0.717, 1.165) is 0 Å². The van der Waals surface area contributed by atoms with Crippen LogP contribution in [0.25, 0.3) is 0 Å². The summed E-state index contributed by atoms with van der Waals surface area (Å²) in [6.07, 6.45) is 0.164. The van der Waals surface area contributed by atoms with Crippen molar-refractivity contribution in [3.8, 4) is 6.07 Å². The first-order valence-electron chi connectivity index (χ1n) is 8.72. The molecule has 2 rings (SSSR count). The number of alkyl carbamates (subject to hydrolysis) is 1. The number of halogens is 1. The van der Waals surface area contributed by atoms with E-state index in [0.29, 0.717) is 25.2 Å². The summed E-state index contributed by atoms with van der Waals surface area (Å²) in [5.74, 6) is -1.08. The summed E-state index contributed by atoms with van der Waals surface area (Å²) in [7, 11) is 0. The van der Waals surface area contributed by atoms with Crippen molar-refractivity contribution in [3.05, 3.63) is 24.0 Å². The molecule has 28 heavy (non-hydrogen) atoms. The summed E-state index contributed by atoms with van der Waals surface area (Å²) in [5.41, 5.74) is 7.40. The second kappa shape index (κ2) is 8.56. The molecule has 10 heteroatoms. The number of nitrogens with one attached hydrogen (secondary N) is 3. The quantitative estimate of drug-likeness (QED) is 0.346.